The smallest absolute Gasteiger partial charge is 0.240 e. The summed E-state index contributed by atoms with van der Waals surface area (Å²) in [6, 6.07) is 4.15. The van der Waals surface area contributed by atoms with Gasteiger partial charge < -0.3 is 13.5 Å². The number of rotatable bonds is 5. The Kier molecular flexibility index (Phi) is 3.03. The molecule has 4 rings (SSSR count). The van der Waals surface area contributed by atoms with Crippen LogP contribution in [-0.2, 0) is 0 Å². The van der Waals surface area contributed by atoms with Gasteiger partial charge in [0.15, 0.2) is 10.9 Å². The Morgan fingerprint density at radius 3 is 3.10 bits per heavy atom. The lowest BCUT2D eigenvalue weighted by Gasteiger charge is -2.07. The van der Waals surface area contributed by atoms with Gasteiger partial charge in [-0.15, -0.1) is 10.2 Å². The van der Waals surface area contributed by atoms with Crippen LogP contribution in [0.25, 0.3) is 11.6 Å². The molecule has 8 heteroatoms. The largest absolute Gasteiger partial charge is 0.461 e. The molecule has 1 unspecified atom stereocenters. The van der Waals surface area contributed by atoms with Crippen molar-refractivity contribution in [3.8, 4) is 11.6 Å². The quantitative estimate of drug-likeness (QED) is 0.670. The minimum absolute atomic E-state index is 0.00270. The van der Waals surface area contributed by atoms with Crippen molar-refractivity contribution >= 4 is 11.8 Å². The molecule has 0 bridgehead atoms. The molecule has 1 saturated carbocycles. The molecular formula is C13H13N5O2S. The predicted octanol–water partition coefficient (Wildman–Crippen LogP) is 3.11. The van der Waals surface area contributed by atoms with Gasteiger partial charge in [0.25, 0.3) is 0 Å². The number of nitrogens with zero attached hydrogens (tertiary/aromatic N) is 5. The van der Waals surface area contributed by atoms with E-state index in [2.05, 4.69) is 24.9 Å². The van der Waals surface area contributed by atoms with E-state index in [-0.39, 0.29) is 5.25 Å². The average Bonchev–Trinajstić information content (AvgIpc) is 2.94. The molecule has 3 heterocycles. The molecule has 0 spiro atoms. The minimum atomic E-state index is 0.00270. The predicted molar refractivity (Wildman–Crippen MR) is 74.6 cm³/mol. The van der Waals surface area contributed by atoms with E-state index in [1.165, 1.54) is 12.8 Å². The van der Waals surface area contributed by atoms with E-state index in [4.69, 9.17) is 8.94 Å². The lowest BCUT2D eigenvalue weighted by atomic mass is 10.4. The van der Waals surface area contributed by atoms with Crippen LogP contribution in [0.4, 0.5) is 0 Å². The van der Waals surface area contributed by atoms with E-state index in [1.807, 2.05) is 6.92 Å². The van der Waals surface area contributed by atoms with Gasteiger partial charge in [-0.2, -0.15) is 4.98 Å². The van der Waals surface area contributed by atoms with Crippen LogP contribution in [0.1, 0.15) is 36.9 Å². The summed E-state index contributed by atoms with van der Waals surface area (Å²) in [4.78, 5) is 4.37. The van der Waals surface area contributed by atoms with Crippen LogP contribution in [0.3, 0.4) is 0 Å². The molecule has 7 nitrogen and oxygen atoms in total. The fraction of sp³-hybridized carbons (Fsp3) is 0.385. The summed E-state index contributed by atoms with van der Waals surface area (Å²) in [7, 11) is 0. The average molecular weight is 303 g/mol. The molecule has 108 valence electrons. The van der Waals surface area contributed by atoms with Crippen LogP contribution in [0.2, 0.25) is 0 Å². The van der Waals surface area contributed by atoms with Gasteiger partial charge in [0, 0.05) is 6.04 Å². The maximum absolute atomic E-state index is 5.32. The van der Waals surface area contributed by atoms with Gasteiger partial charge in [0.2, 0.25) is 11.7 Å². The molecule has 1 fully saturated rings. The number of thioether (sulfide) groups is 1. The minimum Gasteiger partial charge on any atom is -0.461 e. The molecule has 0 saturated heterocycles. The highest BCUT2D eigenvalue weighted by atomic mass is 32.2. The van der Waals surface area contributed by atoms with E-state index < -0.39 is 0 Å². The second-order valence-electron chi connectivity index (χ2n) is 4.95. The van der Waals surface area contributed by atoms with Gasteiger partial charge in [-0.3, -0.25) is 0 Å². The first kappa shape index (κ1) is 12.6. The van der Waals surface area contributed by atoms with E-state index >= 15 is 0 Å². The van der Waals surface area contributed by atoms with Crippen LogP contribution in [-0.4, -0.2) is 24.9 Å². The standard InChI is InChI=1S/C13H13N5O2S/c1-8(21-13-16-14-7-18(13)9-4-5-9)12-15-11(17-20-12)10-3-2-6-19-10/h2-3,6-9H,4-5H2,1H3. The Hall–Kier alpha value is -2.09. The zero-order valence-electron chi connectivity index (χ0n) is 11.3. The van der Waals surface area contributed by atoms with E-state index in [0.717, 1.165) is 5.16 Å². The van der Waals surface area contributed by atoms with Gasteiger partial charge in [-0.1, -0.05) is 16.9 Å². The summed E-state index contributed by atoms with van der Waals surface area (Å²) in [6.45, 7) is 2.01. The molecule has 0 N–H and O–H groups in total. The number of furan rings is 1. The summed E-state index contributed by atoms with van der Waals surface area (Å²) >= 11 is 1.57. The fourth-order valence-electron chi connectivity index (χ4n) is 2.03. The third-order valence-electron chi connectivity index (χ3n) is 3.29. The van der Waals surface area contributed by atoms with Crippen LogP contribution in [0.5, 0.6) is 0 Å². The maximum atomic E-state index is 5.32. The molecule has 3 aromatic heterocycles. The molecule has 0 aliphatic heterocycles. The second kappa shape index (κ2) is 5.03. The zero-order valence-corrected chi connectivity index (χ0v) is 12.2. The summed E-state index contributed by atoms with van der Waals surface area (Å²) in [6.07, 6.45) is 5.77. The maximum Gasteiger partial charge on any atom is 0.240 e. The summed E-state index contributed by atoms with van der Waals surface area (Å²) in [5.41, 5.74) is 0. The van der Waals surface area contributed by atoms with Crippen molar-refractivity contribution in [1.29, 1.82) is 0 Å². The zero-order chi connectivity index (χ0) is 14.2. The van der Waals surface area contributed by atoms with E-state index in [1.54, 1.807) is 36.5 Å². The molecule has 1 aliphatic rings. The number of aromatic nitrogens is 5. The summed E-state index contributed by atoms with van der Waals surface area (Å²) in [5, 5.41) is 13.0. The highest BCUT2D eigenvalue weighted by molar-refractivity contribution is 7.99. The Bertz CT molecular complexity index is 731. The number of hydrogen-bond donors (Lipinski definition) is 0. The Morgan fingerprint density at radius 1 is 1.43 bits per heavy atom. The van der Waals surface area contributed by atoms with Crippen LogP contribution < -0.4 is 0 Å². The molecule has 0 aromatic carbocycles. The Balaban J connectivity index is 1.52. The fourth-order valence-corrected chi connectivity index (χ4v) is 2.96. The first-order valence-electron chi connectivity index (χ1n) is 6.75. The van der Waals surface area contributed by atoms with Crippen molar-refractivity contribution < 1.29 is 8.94 Å². The van der Waals surface area contributed by atoms with Gasteiger partial charge in [-0.05, 0) is 31.9 Å². The molecule has 1 aliphatic carbocycles. The first-order valence-corrected chi connectivity index (χ1v) is 7.63. The van der Waals surface area contributed by atoms with Gasteiger partial charge in [-0.25, -0.2) is 0 Å². The Morgan fingerprint density at radius 2 is 2.33 bits per heavy atom. The monoisotopic (exact) mass is 303 g/mol. The Labute approximate surface area is 124 Å². The number of hydrogen-bond acceptors (Lipinski definition) is 7. The second-order valence-corrected chi connectivity index (χ2v) is 6.25. The van der Waals surface area contributed by atoms with Crippen molar-refractivity contribution in [2.45, 2.75) is 36.2 Å². The third-order valence-corrected chi connectivity index (χ3v) is 4.35. The van der Waals surface area contributed by atoms with Crippen LogP contribution >= 0.6 is 11.8 Å². The highest BCUT2D eigenvalue weighted by Gasteiger charge is 2.28. The lowest BCUT2D eigenvalue weighted by molar-refractivity contribution is 0.379. The third kappa shape index (κ3) is 2.46. The lowest BCUT2D eigenvalue weighted by Crippen LogP contribution is -1.97. The topological polar surface area (TPSA) is 82.8 Å². The highest BCUT2D eigenvalue weighted by Crippen LogP contribution is 2.40. The van der Waals surface area contributed by atoms with Crippen LogP contribution in [0, 0.1) is 0 Å². The summed E-state index contributed by atoms with van der Waals surface area (Å²) < 4.78 is 12.7. The van der Waals surface area contributed by atoms with E-state index in [0.29, 0.717) is 23.5 Å². The van der Waals surface area contributed by atoms with Gasteiger partial charge in [0.1, 0.15) is 6.33 Å². The molecule has 3 aromatic rings. The van der Waals surface area contributed by atoms with E-state index in [9.17, 15) is 0 Å². The van der Waals surface area contributed by atoms with Crippen molar-refractivity contribution in [2.75, 3.05) is 0 Å². The van der Waals surface area contributed by atoms with Crippen molar-refractivity contribution in [1.82, 2.24) is 24.9 Å². The van der Waals surface area contributed by atoms with Crippen LogP contribution in [0.15, 0.2) is 38.8 Å². The molecule has 21 heavy (non-hydrogen) atoms. The summed E-state index contributed by atoms with van der Waals surface area (Å²) in [5.74, 6) is 1.62. The van der Waals surface area contributed by atoms with Gasteiger partial charge >= 0.3 is 0 Å². The normalized spacial score (nSPS) is 16.2. The van der Waals surface area contributed by atoms with Gasteiger partial charge in [0.05, 0.1) is 11.5 Å². The SMILES string of the molecule is CC(Sc1nncn1C1CC1)c1nc(-c2ccco2)no1. The van der Waals surface area contributed by atoms with Crippen molar-refractivity contribution in [3.63, 3.8) is 0 Å². The van der Waals surface area contributed by atoms with Crippen molar-refractivity contribution in [2.24, 2.45) is 0 Å². The molecule has 0 radical (unpaired) electrons. The van der Waals surface area contributed by atoms with Crippen molar-refractivity contribution in [3.05, 3.63) is 30.6 Å². The molecule has 1 atom stereocenters. The molecular weight excluding hydrogens is 290 g/mol. The first-order chi connectivity index (χ1) is 10.3. The molecule has 0 amide bonds.